The van der Waals surface area contributed by atoms with E-state index in [4.69, 9.17) is 40.5 Å². The third kappa shape index (κ3) is 7.71. The molecule has 1 heterocycles. The topological polar surface area (TPSA) is 217 Å². The van der Waals surface area contributed by atoms with Gasteiger partial charge < -0.3 is 22.9 Å². The van der Waals surface area contributed by atoms with Crippen LogP contribution in [0.5, 0.6) is 0 Å². The summed E-state index contributed by atoms with van der Waals surface area (Å²) in [5.74, 6) is 0.162. The van der Waals surface area contributed by atoms with Gasteiger partial charge in [-0.2, -0.15) is 8.42 Å². The van der Waals surface area contributed by atoms with Crippen LogP contribution in [0.4, 0.5) is 17.3 Å². The lowest BCUT2D eigenvalue weighted by molar-refractivity contribution is 0.381. The van der Waals surface area contributed by atoms with Gasteiger partial charge in [0.1, 0.15) is 6.33 Å². The molecule has 0 spiro atoms. The summed E-state index contributed by atoms with van der Waals surface area (Å²) in [6, 6.07) is 0. The Morgan fingerprint density at radius 1 is 1.18 bits per heavy atom. The minimum atomic E-state index is -4.67. The van der Waals surface area contributed by atoms with Gasteiger partial charge in [0, 0.05) is 0 Å². The molecule has 0 saturated carbocycles. The van der Waals surface area contributed by atoms with Gasteiger partial charge in [-0.1, -0.05) is 0 Å². The lowest BCUT2D eigenvalue weighted by Crippen LogP contribution is -2.22. The first kappa shape index (κ1) is 14.8. The van der Waals surface area contributed by atoms with Crippen LogP contribution >= 0.6 is 0 Å². The van der Waals surface area contributed by atoms with Crippen LogP contribution in [-0.4, -0.2) is 33.5 Å². The number of anilines is 2. The van der Waals surface area contributed by atoms with Crippen molar-refractivity contribution in [3.05, 3.63) is 6.33 Å². The Kier molecular flexibility index (Phi) is 5.04. The molecular formula is C5H11N7O4S. The van der Waals surface area contributed by atoms with Crippen molar-refractivity contribution in [1.82, 2.24) is 9.97 Å². The summed E-state index contributed by atoms with van der Waals surface area (Å²) in [6.07, 6.45) is 1.23. The van der Waals surface area contributed by atoms with Gasteiger partial charge in [0.2, 0.25) is 0 Å². The van der Waals surface area contributed by atoms with Gasteiger partial charge in [-0.15, -0.1) is 0 Å². The second-order valence-electron chi connectivity index (χ2n) is 2.48. The van der Waals surface area contributed by atoms with Crippen molar-refractivity contribution in [1.29, 1.82) is 0 Å². The normalized spacial score (nSPS) is 10.0. The standard InChI is InChI=1S/C5H9N7.H2O4S/c6-3-2(12-5(8)9)4(7)11-1-10-3;1-5(2,3)4/h1H,(H4,8,9,12)(H4,6,7,10,11);(H2,1,2,3,4). The summed E-state index contributed by atoms with van der Waals surface area (Å²) in [5.41, 5.74) is 21.3. The summed E-state index contributed by atoms with van der Waals surface area (Å²) in [6.45, 7) is 0. The monoisotopic (exact) mass is 265 g/mol. The molecule has 0 aliphatic carbocycles. The molecule has 17 heavy (non-hydrogen) atoms. The van der Waals surface area contributed by atoms with E-state index in [9.17, 15) is 0 Å². The van der Waals surface area contributed by atoms with Crippen LogP contribution in [0.2, 0.25) is 0 Å². The predicted octanol–water partition coefficient (Wildman–Crippen LogP) is -2.11. The van der Waals surface area contributed by atoms with E-state index in [-0.39, 0.29) is 23.3 Å². The Morgan fingerprint density at radius 2 is 1.53 bits per heavy atom. The molecule has 0 saturated heterocycles. The summed E-state index contributed by atoms with van der Waals surface area (Å²) in [5, 5.41) is 0. The zero-order valence-electron chi connectivity index (χ0n) is 8.35. The highest BCUT2D eigenvalue weighted by atomic mass is 32.3. The first-order valence-electron chi connectivity index (χ1n) is 3.76. The molecule has 0 aliphatic rings. The van der Waals surface area contributed by atoms with Gasteiger partial charge in [0.15, 0.2) is 23.3 Å². The van der Waals surface area contributed by atoms with E-state index in [1.165, 1.54) is 6.33 Å². The minimum absolute atomic E-state index is 0.136. The van der Waals surface area contributed by atoms with Crippen molar-refractivity contribution in [2.75, 3.05) is 11.5 Å². The molecule has 0 radical (unpaired) electrons. The number of hydrogen-bond acceptors (Lipinski definition) is 7. The van der Waals surface area contributed by atoms with E-state index in [2.05, 4.69) is 15.0 Å². The highest BCUT2D eigenvalue weighted by molar-refractivity contribution is 7.79. The third-order valence-electron chi connectivity index (χ3n) is 1.12. The Balaban J connectivity index is 0.000000437. The van der Waals surface area contributed by atoms with Crippen molar-refractivity contribution < 1.29 is 17.5 Å². The summed E-state index contributed by atoms with van der Waals surface area (Å²) in [7, 11) is -4.67. The molecule has 12 heteroatoms. The molecule has 0 bridgehead atoms. The Bertz CT molecular complexity index is 481. The molecule has 0 unspecified atom stereocenters. The lowest BCUT2D eigenvalue weighted by Gasteiger charge is -2.00. The molecule has 11 nitrogen and oxygen atoms in total. The fourth-order valence-corrected chi connectivity index (χ4v) is 0.650. The van der Waals surface area contributed by atoms with E-state index >= 15 is 0 Å². The number of rotatable bonds is 1. The molecule has 1 rings (SSSR count). The SMILES string of the molecule is NC(N)=Nc1c(N)ncnc1N.O=S(=O)(O)O. The van der Waals surface area contributed by atoms with Crippen LogP contribution in [0.25, 0.3) is 0 Å². The van der Waals surface area contributed by atoms with Crippen LogP contribution < -0.4 is 22.9 Å². The number of guanidine groups is 1. The van der Waals surface area contributed by atoms with E-state index in [0.717, 1.165) is 0 Å². The molecule has 96 valence electrons. The van der Waals surface area contributed by atoms with Crippen LogP contribution in [0, 0.1) is 0 Å². The fourth-order valence-electron chi connectivity index (χ4n) is 0.650. The summed E-state index contributed by atoms with van der Waals surface area (Å²) in [4.78, 5) is 11.0. The van der Waals surface area contributed by atoms with Gasteiger partial charge in [0.05, 0.1) is 0 Å². The van der Waals surface area contributed by atoms with Gasteiger partial charge in [-0.05, 0) is 0 Å². The first-order valence-corrected chi connectivity index (χ1v) is 5.16. The third-order valence-corrected chi connectivity index (χ3v) is 1.12. The fraction of sp³-hybridized carbons (Fsp3) is 0. The maximum absolute atomic E-state index is 8.74. The molecule has 0 aromatic carbocycles. The molecule has 0 fully saturated rings. The molecule has 1 aromatic heterocycles. The van der Waals surface area contributed by atoms with Crippen LogP contribution in [-0.2, 0) is 10.4 Å². The quantitative estimate of drug-likeness (QED) is 0.184. The zero-order chi connectivity index (χ0) is 13.6. The van der Waals surface area contributed by atoms with Crippen molar-refractivity contribution >= 4 is 33.7 Å². The van der Waals surface area contributed by atoms with E-state index < -0.39 is 10.4 Å². The first-order chi connectivity index (χ1) is 7.61. The minimum Gasteiger partial charge on any atom is -0.382 e. The van der Waals surface area contributed by atoms with Crippen molar-refractivity contribution in [2.45, 2.75) is 0 Å². The van der Waals surface area contributed by atoms with Crippen LogP contribution in [0.1, 0.15) is 0 Å². The Labute approximate surface area is 96.1 Å². The summed E-state index contributed by atoms with van der Waals surface area (Å²) < 4.78 is 31.6. The molecule has 0 amide bonds. The molecule has 1 aromatic rings. The Hall–Kier alpha value is -2.18. The second-order valence-corrected chi connectivity index (χ2v) is 3.37. The van der Waals surface area contributed by atoms with Crippen molar-refractivity contribution in [2.24, 2.45) is 16.5 Å². The summed E-state index contributed by atoms with van der Waals surface area (Å²) >= 11 is 0. The van der Waals surface area contributed by atoms with E-state index in [0.29, 0.717) is 0 Å². The number of hydrogen-bond donors (Lipinski definition) is 6. The van der Waals surface area contributed by atoms with Crippen LogP contribution in [0.15, 0.2) is 11.3 Å². The lowest BCUT2D eigenvalue weighted by atomic mass is 10.4. The molecular weight excluding hydrogens is 254 g/mol. The van der Waals surface area contributed by atoms with Crippen molar-refractivity contribution in [3.8, 4) is 0 Å². The highest BCUT2D eigenvalue weighted by Crippen LogP contribution is 2.23. The van der Waals surface area contributed by atoms with Gasteiger partial charge in [0.25, 0.3) is 0 Å². The van der Waals surface area contributed by atoms with Crippen molar-refractivity contribution in [3.63, 3.8) is 0 Å². The number of aliphatic imine (C=N–C) groups is 1. The van der Waals surface area contributed by atoms with E-state index in [1.54, 1.807) is 0 Å². The van der Waals surface area contributed by atoms with Gasteiger partial charge in [-0.3, -0.25) is 9.11 Å². The molecule has 0 aliphatic heterocycles. The largest absolute Gasteiger partial charge is 0.394 e. The zero-order valence-corrected chi connectivity index (χ0v) is 9.16. The smallest absolute Gasteiger partial charge is 0.382 e. The van der Waals surface area contributed by atoms with Gasteiger partial charge >= 0.3 is 10.4 Å². The average molecular weight is 265 g/mol. The average Bonchev–Trinajstić information content (AvgIpc) is 2.08. The van der Waals surface area contributed by atoms with E-state index in [1.807, 2.05) is 0 Å². The highest BCUT2D eigenvalue weighted by Gasteiger charge is 2.03. The number of nitrogen functional groups attached to an aromatic ring is 2. The number of nitrogens with zero attached hydrogens (tertiary/aromatic N) is 3. The maximum Gasteiger partial charge on any atom is 0.394 e. The maximum atomic E-state index is 8.74. The molecule has 0 atom stereocenters. The van der Waals surface area contributed by atoms with Gasteiger partial charge in [-0.25, -0.2) is 15.0 Å². The van der Waals surface area contributed by atoms with Crippen LogP contribution in [0.3, 0.4) is 0 Å². The second kappa shape index (κ2) is 5.78. The predicted molar refractivity (Wildman–Crippen MR) is 60.5 cm³/mol. The Morgan fingerprint density at radius 3 is 1.82 bits per heavy atom. The molecule has 10 N–H and O–H groups in total. The number of nitrogens with two attached hydrogens (primary N) is 4. The number of aromatic nitrogens is 2.